The van der Waals surface area contributed by atoms with Crippen molar-refractivity contribution in [1.29, 1.82) is 0 Å². The summed E-state index contributed by atoms with van der Waals surface area (Å²) in [6, 6.07) is 63.9. The Kier molecular flexibility index (Phi) is 51.3. The van der Waals surface area contributed by atoms with E-state index in [1.807, 2.05) is 109 Å². The molecule has 4 aliphatic carbocycles. The minimum atomic E-state index is -0.757. The summed E-state index contributed by atoms with van der Waals surface area (Å²) in [7, 11) is 0. The molecule has 0 bridgehead atoms. The van der Waals surface area contributed by atoms with Gasteiger partial charge in [0.2, 0.25) is 0 Å². The van der Waals surface area contributed by atoms with Crippen molar-refractivity contribution in [3.63, 3.8) is 0 Å². The van der Waals surface area contributed by atoms with Crippen LogP contribution in [0.15, 0.2) is 258 Å². The molecule has 142 heavy (non-hydrogen) atoms. The van der Waals surface area contributed by atoms with Gasteiger partial charge in [-0.3, -0.25) is 0 Å². The smallest absolute Gasteiger partial charge is 0.137 e. The number of aromatic nitrogens is 3. The van der Waals surface area contributed by atoms with Gasteiger partial charge in [0.25, 0.3) is 0 Å². The van der Waals surface area contributed by atoms with Crippen molar-refractivity contribution >= 4 is 110 Å². The largest absolute Gasteiger partial charge is 0.670 e. The molecule has 0 atom stereocenters. The van der Waals surface area contributed by atoms with Crippen molar-refractivity contribution in [2.45, 2.75) is 312 Å². The first-order valence-electron chi connectivity index (χ1n) is 50.0. The number of benzene rings is 10. The average Bonchev–Trinajstić information content (AvgIpc) is 0.850. The van der Waals surface area contributed by atoms with Gasteiger partial charge in [0, 0.05) is 35.7 Å². The number of aromatic hydroxyl groups is 3. The van der Waals surface area contributed by atoms with E-state index in [0.29, 0.717) is 69.0 Å². The Morgan fingerprint density at radius 2 is 0.514 bits per heavy atom. The van der Waals surface area contributed by atoms with Crippen LogP contribution in [0.5, 0.6) is 17.2 Å². The Balaban J connectivity index is 0.000000224. The maximum absolute atomic E-state index is 11.0. The molecule has 0 spiro atoms. The summed E-state index contributed by atoms with van der Waals surface area (Å²) >= 11 is 16.0. The number of hydrogen-bond donors (Lipinski definition) is 3. The molecule has 17 heteroatoms. The first-order valence-corrected chi connectivity index (χ1v) is 62.9. The normalized spacial score (nSPS) is 12.7. The van der Waals surface area contributed by atoms with Crippen LogP contribution in [-0.2, 0) is 105 Å². The van der Waals surface area contributed by atoms with Crippen LogP contribution in [0, 0.1) is 30.1 Å². The quantitative estimate of drug-likeness (QED) is 0.105. The third-order valence-corrected chi connectivity index (χ3v) is 39.8. The molecule has 9 nitrogen and oxygen atoms in total. The zero-order valence-corrected chi connectivity index (χ0v) is 104. The van der Waals surface area contributed by atoms with Gasteiger partial charge in [-0.1, -0.05) is 160 Å². The maximum Gasteiger partial charge on any atom is 0.137 e. The van der Waals surface area contributed by atoms with Crippen LogP contribution in [0.25, 0.3) is 44.5 Å². The van der Waals surface area contributed by atoms with Crippen LogP contribution >= 0.6 is 79.6 Å². The van der Waals surface area contributed by atoms with Gasteiger partial charge < -0.3 is 30.3 Å². The van der Waals surface area contributed by atoms with E-state index in [0.717, 1.165) is 98.2 Å². The summed E-state index contributed by atoms with van der Waals surface area (Å²) in [4.78, 5) is 11.2. The minimum Gasteiger partial charge on any atom is -0.670 e. The summed E-state index contributed by atoms with van der Waals surface area (Å²) in [5, 5.41) is 32.5. The summed E-state index contributed by atoms with van der Waals surface area (Å²) in [5.74, 6) is 4.44. The summed E-state index contributed by atoms with van der Waals surface area (Å²) in [5.41, 5.74) is 35.6. The summed E-state index contributed by atoms with van der Waals surface area (Å²) in [6.45, 7) is 51.9. The van der Waals surface area contributed by atoms with Crippen LogP contribution in [-0.4, -0.2) is 28.5 Å². The molecular weight excluding hydrogens is 2580 g/mol. The van der Waals surface area contributed by atoms with E-state index in [9.17, 15) is 15.3 Å². The molecule has 0 amide bonds. The zero-order chi connectivity index (χ0) is 102. The predicted octanol–water partition coefficient (Wildman–Crippen LogP) is 39.0. The van der Waals surface area contributed by atoms with Gasteiger partial charge >= 0.3 is 380 Å². The second-order valence-corrected chi connectivity index (χ2v) is 52.8. The van der Waals surface area contributed by atoms with Crippen LogP contribution in [0.3, 0.4) is 0 Å². The molecule has 762 valence electrons. The summed E-state index contributed by atoms with van der Waals surface area (Å²) < 4.78 is 27.5. The first-order chi connectivity index (χ1) is 66.6. The van der Waals surface area contributed by atoms with E-state index < -0.39 is 53.8 Å². The fourth-order valence-corrected chi connectivity index (χ4v) is 27.2. The zero-order valence-electron chi connectivity index (χ0n) is 87.0. The van der Waals surface area contributed by atoms with Crippen LogP contribution < -0.4 is 15.0 Å². The van der Waals surface area contributed by atoms with E-state index in [1.165, 1.54) is 178 Å². The average molecular weight is 2740 g/mol. The molecule has 17 rings (SSSR count). The SMILES string of the molecule is C.C.CC(C)c1cccc(C(C)C)c1[N]=[W]=[CH]C(C)(C)C.CC(C)c1cccc(C(C)C)c1[N]=[W]=[CH]C(C)(C)C.CC(C)c1cccc(C(C)C)c1[N]=[W]=[CH]C(C)(C)C.Cc1c(Br)cc2c(c1-c1c(O)c(Br)cc3c1CCCC3)CCCC2.Cc1c(Br)cc2c(c1-c1c(O)c(Br)cc3c1CCCC3)CCCC2.Oc1c(-c2ccccc2)cc(Br)cc1-c1ccccc1.c1cc[n-]c1.c1cc[n-]c1.c1cc[n-]c1. The number of fused-ring (bicyclic) bond motifs is 4. The summed E-state index contributed by atoms with van der Waals surface area (Å²) in [6.07, 6.45) is 29.4. The van der Waals surface area contributed by atoms with Crippen LogP contribution in [0.2, 0.25) is 0 Å². The number of phenols is 3. The Labute approximate surface area is 921 Å². The molecule has 0 saturated carbocycles. The van der Waals surface area contributed by atoms with E-state index in [-0.39, 0.29) is 14.9 Å². The number of halogens is 5. The molecule has 0 saturated heterocycles. The third-order valence-electron chi connectivity index (χ3n) is 24.6. The number of aryl methyl sites for hydroxylation is 4. The molecular formula is C125H158Br5N6O3W3-3. The number of rotatable bonds is 13. The van der Waals surface area contributed by atoms with Crippen molar-refractivity contribution in [2.75, 3.05) is 0 Å². The van der Waals surface area contributed by atoms with Gasteiger partial charge in [-0.05, 0) is 263 Å². The van der Waals surface area contributed by atoms with Gasteiger partial charge in [-0.25, -0.2) is 0 Å². The molecule has 0 unspecified atom stereocenters. The monoisotopic (exact) mass is 2740 g/mol. The van der Waals surface area contributed by atoms with Crippen molar-refractivity contribution < 1.29 is 69.1 Å². The number of nitrogens with zero attached hydrogens (tertiary/aromatic N) is 6. The molecule has 13 aromatic rings. The van der Waals surface area contributed by atoms with Gasteiger partial charge in [-0.15, -0.1) is 0 Å². The van der Waals surface area contributed by atoms with E-state index >= 15 is 0 Å². The Hall–Kier alpha value is -7.09. The Morgan fingerprint density at radius 3 is 0.732 bits per heavy atom. The second kappa shape index (κ2) is 59.8. The van der Waals surface area contributed by atoms with Crippen molar-refractivity contribution in [3.05, 3.63) is 337 Å². The molecule has 3 heterocycles. The topological polar surface area (TPSA) is 140 Å². The van der Waals surface area contributed by atoms with E-state index in [1.54, 1.807) is 37.2 Å². The maximum atomic E-state index is 11.0. The van der Waals surface area contributed by atoms with Crippen molar-refractivity contribution in [3.8, 4) is 61.8 Å². The number of hydrogen-bond acceptors (Lipinski definition) is 6. The third kappa shape index (κ3) is 36.7. The fraction of sp³-hybridized carbons (Fsp3) is 0.400. The van der Waals surface area contributed by atoms with E-state index in [2.05, 4.69) is 346 Å². The van der Waals surface area contributed by atoms with Gasteiger partial charge in [0.15, 0.2) is 0 Å². The van der Waals surface area contributed by atoms with Gasteiger partial charge in [-0.2, -0.15) is 37.2 Å². The van der Waals surface area contributed by atoms with E-state index in [4.69, 9.17) is 10.5 Å². The molecule has 0 aliphatic heterocycles. The standard InChI is InChI=1S/2C21H22Br2O.C18H13BrO.3C12H17N.3C5H10.3C4H4N.2CH4.3W/c2*1-12-17(22)10-13-6-2-4-8-15(13)19(12)20-16-9-5-3-7-14(16)11-18(23)21(20)24;19-15-11-16(13-7-3-1-4-8-13)18(20)17(12-15)14-9-5-2-6-10-14;3*1-8(2)10-6-5-7-11(9(3)4)12(10)13;3*1-5(2,3)4;3*1-2-4-5-3-1;;;;;/h2*10-11,24H,2-9H2,1H3;1-12,20H;3*5-9H,1-4H3;3*1H,2-4H3;3*1-4H;2*1H4;;;/q;;;;;;;;;3*-1;;;;;. The molecule has 0 radical (unpaired) electrons. The number of phenolic OH excluding ortho intramolecular Hbond substituents is 3. The Bertz CT molecular complexity index is 5580. The molecule has 10 aromatic carbocycles. The van der Waals surface area contributed by atoms with Crippen molar-refractivity contribution in [2.24, 2.45) is 26.7 Å². The van der Waals surface area contributed by atoms with Crippen LogP contribution in [0.4, 0.5) is 17.1 Å². The molecule has 0 fully saturated rings. The molecule has 4 aliphatic rings. The van der Waals surface area contributed by atoms with Gasteiger partial charge in [0.05, 0.1) is 8.95 Å². The predicted molar refractivity (Wildman–Crippen MR) is 620 cm³/mol. The molecule has 3 N–H and O–H groups in total. The fourth-order valence-electron chi connectivity index (χ4n) is 17.5. The minimum absolute atomic E-state index is 0. The second-order valence-electron chi connectivity index (χ2n) is 41.7. The molecule has 3 aromatic heterocycles. The Morgan fingerprint density at radius 1 is 0.289 bits per heavy atom. The van der Waals surface area contributed by atoms with Gasteiger partial charge in [0.1, 0.15) is 17.2 Å². The first kappa shape index (κ1) is 122. The van der Waals surface area contributed by atoms with Crippen LogP contribution in [0.1, 0.15) is 336 Å². The van der Waals surface area contributed by atoms with Crippen molar-refractivity contribution in [1.82, 2.24) is 15.0 Å².